The summed E-state index contributed by atoms with van der Waals surface area (Å²) in [5.74, 6) is 2.48. The molecule has 0 fully saturated rings. The first-order valence-electron chi connectivity index (χ1n) is 8.37. The van der Waals surface area contributed by atoms with Crippen molar-refractivity contribution in [3.63, 3.8) is 0 Å². The summed E-state index contributed by atoms with van der Waals surface area (Å²) in [5.41, 5.74) is 1.38. The standard InChI is InChI=1S/C19H33NO/c1-15(2)8-6-10-18(14-20-16(3)4)12-17-9-7-11-19(13-17)21-5/h7,9,11,13,15-16,18,20H,6,8,10,12,14H2,1-5H3. The lowest BCUT2D eigenvalue weighted by Crippen LogP contribution is -2.30. The van der Waals surface area contributed by atoms with E-state index in [0.717, 1.165) is 24.6 Å². The highest BCUT2D eigenvalue weighted by atomic mass is 16.5. The molecule has 2 nitrogen and oxygen atoms in total. The molecule has 0 aliphatic carbocycles. The number of methoxy groups -OCH3 is 1. The van der Waals surface area contributed by atoms with Gasteiger partial charge in [-0.05, 0) is 48.9 Å². The van der Waals surface area contributed by atoms with Gasteiger partial charge in [-0.3, -0.25) is 0 Å². The number of rotatable bonds is 10. The van der Waals surface area contributed by atoms with Gasteiger partial charge in [-0.25, -0.2) is 0 Å². The van der Waals surface area contributed by atoms with Crippen LogP contribution in [-0.4, -0.2) is 19.7 Å². The molecule has 0 saturated carbocycles. The molecule has 0 radical (unpaired) electrons. The zero-order chi connectivity index (χ0) is 15.7. The third-order valence-corrected chi connectivity index (χ3v) is 3.87. The normalized spacial score (nSPS) is 12.9. The van der Waals surface area contributed by atoms with Gasteiger partial charge < -0.3 is 10.1 Å². The van der Waals surface area contributed by atoms with Crippen LogP contribution in [0.1, 0.15) is 52.5 Å². The Morgan fingerprint density at radius 1 is 1.10 bits per heavy atom. The summed E-state index contributed by atoms with van der Waals surface area (Å²) in [6.07, 6.45) is 5.09. The third-order valence-electron chi connectivity index (χ3n) is 3.87. The Bertz CT molecular complexity index is 387. The van der Waals surface area contributed by atoms with Crippen molar-refractivity contribution in [2.45, 2.75) is 59.4 Å². The average molecular weight is 291 g/mol. The molecule has 0 bridgehead atoms. The summed E-state index contributed by atoms with van der Waals surface area (Å²) >= 11 is 0. The Morgan fingerprint density at radius 3 is 2.48 bits per heavy atom. The minimum Gasteiger partial charge on any atom is -0.497 e. The molecule has 1 aromatic rings. The van der Waals surface area contributed by atoms with Crippen LogP contribution in [0.2, 0.25) is 0 Å². The van der Waals surface area contributed by atoms with Crippen LogP contribution in [0.4, 0.5) is 0 Å². The molecule has 0 spiro atoms. The van der Waals surface area contributed by atoms with E-state index in [-0.39, 0.29) is 0 Å². The number of ether oxygens (including phenoxy) is 1. The van der Waals surface area contributed by atoms with E-state index in [2.05, 4.69) is 51.2 Å². The zero-order valence-corrected chi connectivity index (χ0v) is 14.5. The smallest absolute Gasteiger partial charge is 0.119 e. The SMILES string of the molecule is COc1cccc(CC(CCCC(C)C)CNC(C)C)c1. The molecule has 0 amide bonds. The Labute approximate surface area is 131 Å². The van der Waals surface area contributed by atoms with Crippen LogP contribution in [-0.2, 0) is 6.42 Å². The van der Waals surface area contributed by atoms with E-state index in [4.69, 9.17) is 4.74 Å². The Hall–Kier alpha value is -1.02. The molecule has 1 atom stereocenters. The summed E-state index contributed by atoms with van der Waals surface area (Å²) in [7, 11) is 1.74. The molecule has 1 aromatic carbocycles. The van der Waals surface area contributed by atoms with E-state index in [0.29, 0.717) is 12.0 Å². The lowest BCUT2D eigenvalue weighted by Gasteiger charge is -2.20. The zero-order valence-electron chi connectivity index (χ0n) is 14.5. The number of benzene rings is 1. The molecule has 0 aliphatic rings. The highest BCUT2D eigenvalue weighted by molar-refractivity contribution is 5.28. The second kappa shape index (κ2) is 9.83. The van der Waals surface area contributed by atoms with Crippen molar-refractivity contribution in [2.24, 2.45) is 11.8 Å². The first-order chi connectivity index (χ1) is 10.0. The van der Waals surface area contributed by atoms with Gasteiger partial charge in [-0.1, -0.05) is 52.7 Å². The molecule has 21 heavy (non-hydrogen) atoms. The van der Waals surface area contributed by atoms with Gasteiger partial charge in [-0.2, -0.15) is 0 Å². The van der Waals surface area contributed by atoms with Gasteiger partial charge >= 0.3 is 0 Å². The van der Waals surface area contributed by atoms with Crippen molar-refractivity contribution in [2.75, 3.05) is 13.7 Å². The van der Waals surface area contributed by atoms with Crippen LogP contribution < -0.4 is 10.1 Å². The molecule has 1 rings (SSSR count). The van der Waals surface area contributed by atoms with Crippen LogP contribution in [0.5, 0.6) is 5.75 Å². The van der Waals surface area contributed by atoms with Gasteiger partial charge in [0.25, 0.3) is 0 Å². The van der Waals surface area contributed by atoms with Crippen molar-refractivity contribution < 1.29 is 4.74 Å². The van der Waals surface area contributed by atoms with Crippen molar-refractivity contribution in [1.82, 2.24) is 5.32 Å². The van der Waals surface area contributed by atoms with Crippen LogP contribution >= 0.6 is 0 Å². The summed E-state index contributed by atoms with van der Waals surface area (Å²) in [6.45, 7) is 10.2. The molecule has 0 aliphatic heterocycles. The Morgan fingerprint density at radius 2 is 1.86 bits per heavy atom. The quantitative estimate of drug-likeness (QED) is 0.676. The van der Waals surface area contributed by atoms with Crippen molar-refractivity contribution in [3.05, 3.63) is 29.8 Å². The van der Waals surface area contributed by atoms with E-state index >= 15 is 0 Å². The molecule has 0 saturated heterocycles. The van der Waals surface area contributed by atoms with Gasteiger partial charge in [0.1, 0.15) is 5.75 Å². The highest BCUT2D eigenvalue weighted by Crippen LogP contribution is 2.20. The third kappa shape index (κ3) is 8.11. The van der Waals surface area contributed by atoms with E-state index in [1.807, 2.05) is 6.07 Å². The largest absolute Gasteiger partial charge is 0.497 e. The van der Waals surface area contributed by atoms with E-state index in [9.17, 15) is 0 Å². The Balaban J connectivity index is 2.57. The lowest BCUT2D eigenvalue weighted by molar-refractivity contribution is 0.391. The molecule has 2 heteroatoms. The minimum absolute atomic E-state index is 0.558. The maximum Gasteiger partial charge on any atom is 0.119 e. The molecular weight excluding hydrogens is 258 g/mol. The van der Waals surface area contributed by atoms with Crippen LogP contribution in [0.25, 0.3) is 0 Å². The first-order valence-corrected chi connectivity index (χ1v) is 8.37. The predicted octanol–water partition coefficient (Wildman–Crippen LogP) is 4.68. The van der Waals surface area contributed by atoms with Gasteiger partial charge in [0.15, 0.2) is 0 Å². The van der Waals surface area contributed by atoms with Gasteiger partial charge in [0.05, 0.1) is 7.11 Å². The molecule has 120 valence electrons. The monoisotopic (exact) mass is 291 g/mol. The van der Waals surface area contributed by atoms with Crippen molar-refractivity contribution >= 4 is 0 Å². The number of nitrogens with one attached hydrogen (secondary N) is 1. The molecule has 1 unspecified atom stereocenters. The second-order valence-corrected chi connectivity index (χ2v) is 6.81. The van der Waals surface area contributed by atoms with Crippen LogP contribution in [0.3, 0.4) is 0 Å². The first kappa shape index (κ1) is 18.0. The maximum atomic E-state index is 5.33. The average Bonchev–Trinajstić information content (AvgIpc) is 2.44. The molecular formula is C19H33NO. The minimum atomic E-state index is 0.558. The summed E-state index contributed by atoms with van der Waals surface area (Å²) in [4.78, 5) is 0. The predicted molar refractivity (Wildman–Crippen MR) is 92.0 cm³/mol. The van der Waals surface area contributed by atoms with Gasteiger partial charge in [0, 0.05) is 6.04 Å². The van der Waals surface area contributed by atoms with E-state index in [1.165, 1.54) is 24.8 Å². The molecule has 1 N–H and O–H groups in total. The fraction of sp³-hybridized carbons (Fsp3) is 0.684. The summed E-state index contributed by atoms with van der Waals surface area (Å²) in [6, 6.07) is 9.06. The van der Waals surface area contributed by atoms with E-state index < -0.39 is 0 Å². The topological polar surface area (TPSA) is 21.3 Å². The second-order valence-electron chi connectivity index (χ2n) is 6.81. The Kier molecular flexibility index (Phi) is 8.44. The fourth-order valence-electron chi connectivity index (χ4n) is 2.63. The van der Waals surface area contributed by atoms with Gasteiger partial charge in [0.2, 0.25) is 0 Å². The van der Waals surface area contributed by atoms with E-state index in [1.54, 1.807) is 7.11 Å². The lowest BCUT2D eigenvalue weighted by atomic mass is 9.92. The number of hydrogen-bond acceptors (Lipinski definition) is 2. The summed E-state index contributed by atoms with van der Waals surface area (Å²) in [5, 5.41) is 3.60. The maximum absolute atomic E-state index is 5.33. The summed E-state index contributed by atoms with van der Waals surface area (Å²) < 4.78 is 5.33. The highest BCUT2D eigenvalue weighted by Gasteiger charge is 2.11. The fourth-order valence-corrected chi connectivity index (χ4v) is 2.63. The molecule has 0 heterocycles. The number of hydrogen-bond donors (Lipinski definition) is 1. The van der Waals surface area contributed by atoms with Crippen LogP contribution in [0, 0.1) is 11.8 Å². The van der Waals surface area contributed by atoms with Crippen LogP contribution in [0.15, 0.2) is 24.3 Å². The van der Waals surface area contributed by atoms with Gasteiger partial charge in [-0.15, -0.1) is 0 Å². The molecule has 0 aromatic heterocycles. The van der Waals surface area contributed by atoms with Crippen molar-refractivity contribution in [1.29, 1.82) is 0 Å². The van der Waals surface area contributed by atoms with Crippen molar-refractivity contribution in [3.8, 4) is 5.75 Å².